The number of nitrogens with one attached hydrogen (secondary N) is 1. The predicted octanol–water partition coefficient (Wildman–Crippen LogP) is 2.82. The van der Waals surface area contributed by atoms with E-state index in [0.717, 1.165) is 16.7 Å². The van der Waals surface area contributed by atoms with Gasteiger partial charge in [0.25, 0.3) is 5.95 Å². The van der Waals surface area contributed by atoms with Gasteiger partial charge in [0.15, 0.2) is 0 Å². The van der Waals surface area contributed by atoms with Crippen molar-refractivity contribution >= 4 is 16.7 Å². The van der Waals surface area contributed by atoms with E-state index in [1.807, 2.05) is 42.5 Å². The lowest BCUT2D eigenvalue weighted by atomic mass is 10.2. The van der Waals surface area contributed by atoms with Crippen molar-refractivity contribution < 1.29 is 0 Å². The van der Waals surface area contributed by atoms with Crippen LogP contribution in [0.1, 0.15) is 5.56 Å². The van der Waals surface area contributed by atoms with E-state index in [9.17, 15) is 0 Å². The number of aromatic nitrogens is 5. The summed E-state index contributed by atoms with van der Waals surface area (Å²) in [6.45, 7) is 0.693. The summed E-state index contributed by atoms with van der Waals surface area (Å²) in [7, 11) is 0. The second kappa shape index (κ2) is 5.84. The van der Waals surface area contributed by atoms with E-state index in [-0.39, 0.29) is 0 Å². The van der Waals surface area contributed by atoms with Gasteiger partial charge in [-0.1, -0.05) is 42.5 Å². The first-order valence-electron chi connectivity index (χ1n) is 7.30. The number of fused-ring (bicyclic) bond motifs is 1. The van der Waals surface area contributed by atoms with Crippen LogP contribution in [-0.4, -0.2) is 24.7 Å². The van der Waals surface area contributed by atoms with E-state index >= 15 is 0 Å². The van der Waals surface area contributed by atoms with Gasteiger partial charge in [-0.05, 0) is 17.7 Å². The Morgan fingerprint density at radius 3 is 2.57 bits per heavy atom. The highest BCUT2D eigenvalue weighted by atomic mass is 15.4. The van der Waals surface area contributed by atoms with Crippen LogP contribution in [0.5, 0.6) is 0 Å². The van der Waals surface area contributed by atoms with E-state index in [1.54, 1.807) is 11.0 Å². The van der Waals surface area contributed by atoms with Crippen molar-refractivity contribution in [3.63, 3.8) is 0 Å². The van der Waals surface area contributed by atoms with Crippen LogP contribution in [0.15, 0.2) is 67.3 Å². The minimum atomic E-state index is 0.497. The Morgan fingerprint density at radius 1 is 0.913 bits per heavy atom. The lowest BCUT2D eigenvalue weighted by Crippen LogP contribution is -2.07. The van der Waals surface area contributed by atoms with Gasteiger partial charge in [0.05, 0.1) is 5.52 Å². The maximum absolute atomic E-state index is 4.60. The first-order valence-corrected chi connectivity index (χ1v) is 7.30. The van der Waals surface area contributed by atoms with Crippen LogP contribution >= 0.6 is 0 Å². The Morgan fingerprint density at radius 2 is 1.74 bits per heavy atom. The normalized spacial score (nSPS) is 10.8. The molecular weight excluding hydrogens is 288 g/mol. The van der Waals surface area contributed by atoms with Gasteiger partial charge >= 0.3 is 0 Å². The molecule has 0 bridgehead atoms. The molecule has 0 saturated heterocycles. The molecular formula is C17H14N6. The molecule has 0 amide bonds. The van der Waals surface area contributed by atoms with Crippen LogP contribution in [0, 0.1) is 0 Å². The Balaban J connectivity index is 1.74. The molecule has 0 atom stereocenters. The number of nitrogens with zero attached hydrogens (tertiary/aromatic N) is 5. The fourth-order valence-corrected chi connectivity index (χ4v) is 2.39. The van der Waals surface area contributed by atoms with Crippen LogP contribution < -0.4 is 5.32 Å². The largest absolute Gasteiger partial charge is 0.365 e. The molecule has 4 rings (SSSR count). The molecule has 0 unspecified atom stereocenters. The zero-order valence-corrected chi connectivity index (χ0v) is 12.3. The van der Waals surface area contributed by atoms with Gasteiger partial charge in [-0.15, -0.1) is 0 Å². The lowest BCUT2D eigenvalue weighted by molar-refractivity contribution is 0.814. The predicted molar refractivity (Wildman–Crippen MR) is 88.2 cm³/mol. The molecule has 0 aliphatic heterocycles. The fraction of sp³-hybridized carbons (Fsp3) is 0.0588. The van der Waals surface area contributed by atoms with Gasteiger partial charge in [0.1, 0.15) is 18.5 Å². The van der Waals surface area contributed by atoms with Crippen LogP contribution in [0.4, 0.5) is 5.82 Å². The van der Waals surface area contributed by atoms with Crippen molar-refractivity contribution in [1.82, 2.24) is 24.7 Å². The Hall–Kier alpha value is -3.28. The van der Waals surface area contributed by atoms with Crippen LogP contribution in [0.25, 0.3) is 16.9 Å². The summed E-state index contributed by atoms with van der Waals surface area (Å²) in [5.41, 5.74) is 2.06. The van der Waals surface area contributed by atoms with Gasteiger partial charge in [0.2, 0.25) is 0 Å². The van der Waals surface area contributed by atoms with Crippen molar-refractivity contribution in [2.75, 3.05) is 5.32 Å². The summed E-state index contributed by atoms with van der Waals surface area (Å²) in [6, 6.07) is 18.1. The number of hydrogen-bond donors (Lipinski definition) is 1. The maximum Gasteiger partial charge on any atom is 0.254 e. The average molecular weight is 302 g/mol. The number of hydrogen-bond acceptors (Lipinski definition) is 5. The fourth-order valence-electron chi connectivity index (χ4n) is 2.39. The SMILES string of the molecule is c1ccc(CNc2nc(-n3cncn3)nc3ccccc23)cc1. The molecule has 0 aliphatic rings. The zero-order chi connectivity index (χ0) is 15.5. The van der Waals surface area contributed by atoms with Gasteiger partial charge in [-0.25, -0.2) is 9.97 Å². The molecule has 1 N–H and O–H groups in total. The molecule has 6 heteroatoms. The van der Waals surface area contributed by atoms with E-state index in [0.29, 0.717) is 12.5 Å². The van der Waals surface area contributed by atoms with Crippen LogP contribution in [-0.2, 0) is 6.54 Å². The van der Waals surface area contributed by atoms with E-state index in [2.05, 4.69) is 37.5 Å². The Labute approximate surface area is 132 Å². The standard InChI is InChI=1S/C17H14N6/c1-2-6-13(7-3-1)10-19-16-14-8-4-5-9-15(14)21-17(22-16)23-12-18-11-20-23/h1-9,11-12H,10H2,(H,19,21,22). The third-order valence-corrected chi connectivity index (χ3v) is 3.52. The summed E-state index contributed by atoms with van der Waals surface area (Å²) in [5, 5.41) is 8.48. The molecule has 23 heavy (non-hydrogen) atoms. The third-order valence-electron chi connectivity index (χ3n) is 3.52. The summed E-state index contributed by atoms with van der Waals surface area (Å²) in [6.07, 6.45) is 3.06. The minimum Gasteiger partial charge on any atom is -0.365 e. The molecule has 112 valence electrons. The molecule has 6 nitrogen and oxygen atoms in total. The zero-order valence-electron chi connectivity index (χ0n) is 12.3. The van der Waals surface area contributed by atoms with E-state index in [1.165, 1.54) is 11.9 Å². The van der Waals surface area contributed by atoms with Gasteiger partial charge in [-0.2, -0.15) is 14.8 Å². The third kappa shape index (κ3) is 2.74. The smallest absolute Gasteiger partial charge is 0.254 e. The molecule has 0 radical (unpaired) electrons. The summed E-state index contributed by atoms with van der Waals surface area (Å²) in [4.78, 5) is 13.1. The molecule has 2 heterocycles. The molecule has 4 aromatic rings. The Kier molecular flexibility index (Phi) is 3.40. The van der Waals surface area contributed by atoms with Crippen molar-refractivity contribution in [2.45, 2.75) is 6.54 Å². The topological polar surface area (TPSA) is 68.5 Å². The van der Waals surface area contributed by atoms with Crippen molar-refractivity contribution in [3.05, 3.63) is 72.8 Å². The van der Waals surface area contributed by atoms with Crippen molar-refractivity contribution in [3.8, 4) is 5.95 Å². The highest BCUT2D eigenvalue weighted by Gasteiger charge is 2.09. The second-order valence-electron chi connectivity index (χ2n) is 5.07. The van der Waals surface area contributed by atoms with Gasteiger partial charge in [-0.3, -0.25) is 0 Å². The number of rotatable bonds is 4. The Bertz CT molecular complexity index is 918. The first kappa shape index (κ1) is 13.4. The van der Waals surface area contributed by atoms with Crippen LogP contribution in [0.2, 0.25) is 0 Å². The van der Waals surface area contributed by atoms with Gasteiger partial charge < -0.3 is 5.32 Å². The van der Waals surface area contributed by atoms with Crippen LogP contribution in [0.3, 0.4) is 0 Å². The van der Waals surface area contributed by atoms with Gasteiger partial charge in [0, 0.05) is 11.9 Å². The van der Waals surface area contributed by atoms with Crippen molar-refractivity contribution in [1.29, 1.82) is 0 Å². The average Bonchev–Trinajstić information content (AvgIpc) is 3.15. The van der Waals surface area contributed by atoms with E-state index < -0.39 is 0 Å². The second-order valence-corrected chi connectivity index (χ2v) is 5.07. The summed E-state index contributed by atoms with van der Waals surface area (Å²) >= 11 is 0. The highest BCUT2D eigenvalue weighted by molar-refractivity contribution is 5.89. The lowest BCUT2D eigenvalue weighted by Gasteiger charge is -2.10. The maximum atomic E-state index is 4.60. The summed E-state index contributed by atoms with van der Waals surface area (Å²) in [5.74, 6) is 1.28. The number of benzene rings is 2. The molecule has 0 aliphatic carbocycles. The molecule has 0 spiro atoms. The molecule has 0 fully saturated rings. The molecule has 2 aromatic carbocycles. The first-order chi connectivity index (χ1) is 11.4. The summed E-state index contributed by atoms with van der Waals surface area (Å²) < 4.78 is 1.56. The minimum absolute atomic E-state index is 0.497. The quantitative estimate of drug-likeness (QED) is 0.628. The van der Waals surface area contributed by atoms with Crippen molar-refractivity contribution in [2.24, 2.45) is 0 Å². The van der Waals surface area contributed by atoms with E-state index in [4.69, 9.17) is 0 Å². The number of para-hydroxylation sites is 1. The molecule has 2 aromatic heterocycles. The highest BCUT2D eigenvalue weighted by Crippen LogP contribution is 2.21. The number of anilines is 1. The molecule has 0 saturated carbocycles. The monoisotopic (exact) mass is 302 g/mol.